The normalized spacial score (nSPS) is 13.6. The summed E-state index contributed by atoms with van der Waals surface area (Å²) in [6.45, 7) is 1.73. The highest BCUT2D eigenvalue weighted by atomic mass is 35.5. The lowest BCUT2D eigenvalue weighted by atomic mass is 9.93. The van der Waals surface area contributed by atoms with E-state index < -0.39 is 17.7 Å². The maximum absolute atomic E-state index is 12.8. The van der Waals surface area contributed by atoms with Crippen molar-refractivity contribution in [1.29, 1.82) is 0 Å². The van der Waals surface area contributed by atoms with E-state index in [9.17, 15) is 14.4 Å². The van der Waals surface area contributed by atoms with Crippen LogP contribution in [0.2, 0.25) is 5.02 Å². The van der Waals surface area contributed by atoms with Gasteiger partial charge >= 0.3 is 5.91 Å². The Kier molecular flexibility index (Phi) is 7.17. The minimum atomic E-state index is -0.611. The summed E-state index contributed by atoms with van der Waals surface area (Å²) in [5.41, 5.74) is 9.72. The molecule has 0 saturated heterocycles. The average Bonchev–Trinajstić information content (AvgIpc) is 3.22. The number of aryl methyl sites for hydroxylation is 1. The molecule has 0 radical (unpaired) electrons. The lowest BCUT2D eigenvalue weighted by Gasteiger charge is -2.13. The highest BCUT2D eigenvalue weighted by Crippen LogP contribution is 2.30. The molecular formula is C25H23ClN4O5. The predicted molar refractivity (Wildman–Crippen MR) is 130 cm³/mol. The Morgan fingerprint density at radius 2 is 1.63 bits per heavy atom. The van der Waals surface area contributed by atoms with Crippen LogP contribution in [0.4, 0.5) is 0 Å². The maximum atomic E-state index is 12.8. The summed E-state index contributed by atoms with van der Waals surface area (Å²) in [4.78, 5) is 37.8. The molecule has 4 rings (SSSR count). The molecule has 2 aromatic carbocycles. The fourth-order valence-corrected chi connectivity index (χ4v) is 4.11. The van der Waals surface area contributed by atoms with Gasteiger partial charge in [-0.1, -0.05) is 35.9 Å². The van der Waals surface area contributed by atoms with E-state index in [0.29, 0.717) is 51.8 Å². The number of hydrazine groups is 1. The van der Waals surface area contributed by atoms with Crippen LogP contribution < -0.4 is 21.0 Å². The van der Waals surface area contributed by atoms with Gasteiger partial charge in [0.25, 0.3) is 11.8 Å². The quantitative estimate of drug-likeness (QED) is 0.466. The SMILES string of the molecule is COc1ccccc1C(=O)NNC(=O)c1oc2c(c1C)/C(=N/NC(=O)c1ccccc1Cl)CCC2. The molecule has 180 valence electrons. The Morgan fingerprint density at radius 3 is 2.37 bits per heavy atom. The standard InChI is InChI=1S/C25H23ClN4O5/c1-14-21-18(27-28-23(31)15-8-3-5-10-17(15)26)11-7-13-20(21)35-22(14)25(33)30-29-24(32)16-9-4-6-12-19(16)34-2/h3-6,8-10,12H,7,11,13H2,1-2H3,(H,28,31)(H,29,32)(H,30,33)/b27-18+. The minimum absolute atomic E-state index is 0.0577. The fourth-order valence-electron chi connectivity index (χ4n) is 3.89. The molecule has 0 fully saturated rings. The van der Waals surface area contributed by atoms with Crippen LogP contribution in [0.5, 0.6) is 5.75 Å². The Labute approximate surface area is 206 Å². The fraction of sp³-hybridized carbons (Fsp3) is 0.200. The lowest BCUT2D eigenvalue weighted by Crippen LogP contribution is -2.41. The molecule has 10 heteroatoms. The number of ether oxygens (including phenoxy) is 1. The van der Waals surface area contributed by atoms with Gasteiger partial charge in [-0.3, -0.25) is 25.2 Å². The van der Waals surface area contributed by atoms with E-state index in [2.05, 4.69) is 21.4 Å². The molecule has 0 atom stereocenters. The number of benzene rings is 2. The highest BCUT2D eigenvalue weighted by Gasteiger charge is 2.28. The first-order chi connectivity index (χ1) is 16.9. The van der Waals surface area contributed by atoms with Gasteiger partial charge in [-0.25, -0.2) is 5.43 Å². The van der Waals surface area contributed by atoms with Crippen molar-refractivity contribution >= 4 is 35.0 Å². The van der Waals surface area contributed by atoms with E-state index in [1.165, 1.54) is 7.11 Å². The zero-order chi connectivity index (χ0) is 24.9. The highest BCUT2D eigenvalue weighted by molar-refractivity contribution is 6.33. The van der Waals surface area contributed by atoms with Crippen molar-refractivity contribution in [3.8, 4) is 5.75 Å². The van der Waals surface area contributed by atoms with Gasteiger partial charge in [0.2, 0.25) is 0 Å². The Bertz CT molecular complexity index is 1330. The first-order valence-corrected chi connectivity index (χ1v) is 11.3. The summed E-state index contributed by atoms with van der Waals surface area (Å²) in [5, 5.41) is 4.61. The summed E-state index contributed by atoms with van der Waals surface area (Å²) in [5.74, 6) is -0.547. The van der Waals surface area contributed by atoms with E-state index in [4.69, 9.17) is 20.8 Å². The molecule has 0 unspecified atom stereocenters. The van der Waals surface area contributed by atoms with Gasteiger partial charge in [0.1, 0.15) is 11.5 Å². The van der Waals surface area contributed by atoms with Crippen LogP contribution in [0.25, 0.3) is 0 Å². The Hall–Kier alpha value is -4.11. The van der Waals surface area contributed by atoms with Gasteiger partial charge in [-0.2, -0.15) is 5.10 Å². The average molecular weight is 495 g/mol. The molecule has 1 aromatic heterocycles. The summed E-state index contributed by atoms with van der Waals surface area (Å²) in [6.07, 6.45) is 1.96. The number of nitrogens with one attached hydrogen (secondary N) is 3. The molecule has 0 bridgehead atoms. The maximum Gasteiger partial charge on any atom is 0.305 e. The van der Waals surface area contributed by atoms with Crippen molar-refractivity contribution in [3.05, 3.63) is 87.3 Å². The molecule has 0 aliphatic heterocycles. The number of carbonyl (C=O) groups is 3. The van der Waals surface area contributed by atoms with Gasteiger partial charge in [-0.05, 0) is 44.0 Å². The molecule has 3 aromatic rings. The number of rotatable bonds is 5. The van der Waals surface area contributed by atoms with Crippen molar-refractivity contribution in [2.45, 2.75) is 26.2 Å². The third-order valence-corrected chi connectivity index (χ3v) is 5.91. The van der Waals surface area contributed by atoms with Gasteiger partial charge < -0.3 is 9.15 Å². The monoisotopic (exact) mass is 494 g/mol. The second-order valence-corrected chi connectivity index (χ2v) is 8.20. The van der Waals surface area contributed by atoms with Crippen LogP contribution in [0.3, 0.4) is 0 Å². The number of hydrazone groups is 1. The molecular weight excluding hydrogens is 472 g/mol. The van der Waals surface area contributed by atoms with Crippen LogP contribution in [0.15, 0.2) is 58.0 Å². The van der Waals surface area contributed by atoms with E-state index >= 15 is 0 Å². The minimum Gasteiger partial charge on any atom is -0.496 e. The molecule has 1 heterocycles. The first-order valence-electron chi connectivity index (χ1n) is 10.9. The molecule has 3 amide bonds. The lowest BCUT2D eigenvalue weighted by molar-refractivity contribution is 0.0827. The van der Waals surface area contributed by atoms with Gasteiger partial charge in [0.05, 0.1) is 29.0 Å². The summed E-state index contributed by atoms with van der Waals surface area (Å²) >= 11 is 6.09. The van der Waals surface area contributed by atoms with E-state index in [1.54, 1.807) is 55.5 Å². The van der Waals surface area contributed by atoms with Gasteiger partial charge in [0, 0.05) is 17.5 Å². The number of fused-ring (bicyclic) bond motifs is 1. The van der Waals surface area contributed by atoms with Crippen molar-refractivity contribution in [1.82, 2.24) is 16.3 Å². The van der Waals surface area contributed by atoms with Crippen LogP contribution in [0, 0.1) is 6.92 Å². The molecule has 35 heavy (non-hydrogen) atoms. The van der Waals surface area contributed by atoms with Crippen LogP contribution in [0.1, 0.15) is 61.0 Å². The second kappa shape index (κ2) is 10.4. The second-order valence-electron chi connectivity index (χ2n) is 7.80. The number of hydrogen-bond acceptors (Lipinski definition) is 6. The topological polar surface area (TPSA) is 122 Å². The van der Waals surface area contributed by atoms with Crippen LogP contribution in [-0.4, -0.2) is 30.5 Å². The number of nitrogens with zero attached hydrogens (tertiary/aromatic N) is 1. The van der Waals surface area contributed by atoms with E-state index in [-0.39, 0.29) is 11.3 Å². The molecule has 3 N–H and O–H groups in total. The number of halogens is 1. The van der Waals surface area contributed by atoms with Gasteiger partial charge in [-0.15, -0.1) is 0 Å². The molecule has 0 spiro atoms. The van der Waals surface area contributed by atoms with E-state index in [0.717, 1.165) is 6.42 Å². The van der Waals surface area contributed by atoms with Crippen molar-refractivity contribution < 1.29 is 23.5 Å². The predicted octanol–water partition coefficient (Wildman–Crippen LogP) is 3.80. The number of para-hydroxylation sites is 1. The van der Waals surface area contributed by atoms with Crippen molar-refractivity contribution in [3.63, 3.8) is 0 Å². The number of carbonyl (C=O) groups excluding carboxylic acids is 3. The zero-order valence-electron chi connectivity index (χ0n) is 19.1. The van der Waals surface area contributed by atoms with Crippen molar-refractivity contribution in [2.75, 3.05) is 7.11 Å². The summed E-state index contributed by atoms with van der Waals surface area (Å²) < 4.78 is 11.0. The molecule has 1 aliphatic rings. The van der Waals surface area contributed by atoms with E-state index in [1.807, 2.05) is 0 Å². The number of methoxy groups -OCH3 is 1. The number of furan rings is 1. The third kappa shape index (κ3) is 5.04. The zero-order valence-corrected chi connectivity index (χ0v) is 19.9. The molecule has 0 saturated carbocycles. The largest absolute Gasteiger partial charge is 0.496 e. The van der Waals surface area contributed by atoms with Crippen LogP contribution >= 0.6 is 11.6 Å². The number of amides is 3. The third-order valence-electron chi connectivity index (χ3n) is 5.58. The van der Waals surface area contributed by atoms with Gasteiger partial charge in [0.15, 0.2) is 5.76 Å². The smallest absolute Gasteiger partial charge is 0.305 e. The first kappa shape index (κ1) is 24.0. The summed E-state index contributed by atoms with van der Waals surface area (Å²) in [6, 6.07) is 13.3. The summed E-state index contributed by atoms with van der Waals surface area (Å²) in [7, 11) is 1.46. The Morgan fingerprint density at radius 1 is 0.943 bits per heavy atom. The number of hydrogen-bond donors (Lipinski definition) is 3. The molecule has 1 aliphatic carbocycles. The Balaban J connectivity index is 1.49. The van der Waals surface area contributed by atoms with Crippen LogP contribution in [-0.2, 0) is 6.42 Å². The molecule has 9 nitrogen and oxygen atoms in total. The van der Waals surface area contributed by atoms with Crippen molar-refractivity contribution in [2.24, 2.45) is 5.10 Å².